The van der Waals surface area contributed by atoms with Crippen molar-refractivity contribution in [2.45, 2.75) is 13.0 Å². The maximum Gasteiger partial charge on any atom is 0.0660 e. The van der Waals surface area contributed by atoms with Crippen molar-refractivity contribution < 1.29 is 0 Å². The van der Waals surface area contributed by atoms with Crippen molar-refractivity contribution in [2.24, 2.45) is 0 Å². The minimum Gasteiger partial charge on any atom is -0.399 e. The van der Waals surface area contributed by atoms with E-state index in [2.05, 4.69) is 11.8 Å². The van der Waals surface area contributed by atoms with E-state index >= 15 is 0 Å². The van der Waals surface area contributed by atoms with Gasteiger partial charge in [-0.1, -0.05) is 11.6 Å². The molecule has 0 aliphatic carbocycles. The molecule has 0 saturated carbocycles. The van der Waals surface area contributed by atoms with E-state index in [9.17, 15) is 0 Å². The number of nitrogen functional groups attached to an aromatic ring is 1. The van der Waals surface area contributed by atoms with Gasteiger partial charge in [-0.2, -0.15) is 11.8 Å². The van der Waals surface area contributed by atoms with Crippen LogP contribution >= 0.6 is 23.4 Å². The number of thioether (sulfide) groups is 1. The number of rotatable bonds is 1. The summed E-state index contributed by atoms with van der Waals surface area (Å²) in [4.78, 5) is 2.36. The molecule has 15 heavy (non-hydrogen) atoms. The topological polar surface area (TPSA) is 29.3 Å². The fourth-order valence-electron chi connectivity index (χ4n) is 1.84. The Morgan fingerprint density at radius 3 is 3.00 bits per heavy atom. The zero-order valence-corrected chi connectivity index (χ0v) is 10.3. The Kier molecular flexibility index (Phi) is 3.32. The molecule has 0 aromatic heterocycles. The summed E-state index contributed by atoms with van der Waals surface area (Å²) in [6.45, 7) is 3.30. The van der Waals surface area contributed by atoms with E-state index in [0.29, 0.717) is 6.04 Å². The Bertz CT molecular complexity index is 356. The van der Waals surface area contributed by atoms with Crippen LogP contribution in [0.15, 0.2) is 18.2 Å². The molecule has 4 heteroatoms. The van der Waals surface area contributed by atoms with Gasteiger partial charge >= 0.3 is 0 Å². The molecule has 82 valence electrons. The van der Waals surface area contributed by atoms with Crippen molar-refractivity contribution in [3.05, 3.63) is 23.2 Å². The number of hydrogen-bond donors (Lipinski definition) is 1. The van der Waals surface area contributed by atoms with E-state index < -0.39 is 0 Å². The Balaban J connectivity index is 2.27. The highest BCUT2D eigenvalue weighted by Gasteiger charge is 2.20. The molecule has 1 aliphatic heterocycles. The summed E-state index contributed by atoms with van der Waals surface area (Å²) in [7, 11) is 0. The molecule has 1 aromatic carbocycles. The number of anilines is 2. The van der Waals surface area contributed by atoms with E-state index in [4.69, 9.17) is 17.3 Å². The lowest BCUT2D eigenvalue weighted by atomic mass is 10.2. The summed E-state index contributed by atoms with van der Waals surface area (Å²) in [6, 6.07) is 6.30. The van der Waals surface area contributed by atoms with Gasteiger partial charge in [0.1, 0.15) is 0 Å². The van der Waals surface area contributed by atoms with E-state index in [-0.39, 0.29) is 0 Å². The second kappa shape index (κ2) is 4.54. The normalized spacial score (nSPS) is 21.7. The molecule has 1 atom stereocenters. The maximum absolute atomic E-state index is 6.20. The van der Waals surface area contributed by atoms with Crippen LogP contribution in [0.5, 0.6) is 0 Å². The second-order valence-corrected chi connectivity index (χ2v) is 5.39. The van der Waals surface area contributed by atoms with Gasteiger partial charge in [0.2, 0.25) is 0 Å². The van der Waals surface area contributed by atoms with Crippen LogP contribution in [0.3, 0.4) is 0 Å². The fraction of sp³-hybridized carbons (Fsp3) is 0.455. The number of benzene rings is 1. The SMILES string of the molecule is CC1CSCCN1c1ccc(N)cc1Cl. The van der Waals surface area contributed by atoms with E-state index in [1.54, 1.807) is 0 Å². The Labute approximate surface area is 99.8 Å². The highest BCUT2D eigenvalue weighted by Crippen LogP contribution is 2.31. The number of nitrogens with two attached hydrogens (primary N) is 1. The number of hydrogen-bond acceptors (Lipinski definition) is 3. The molecule has 1 aliphatic rings. The maximum atomic E-state index is 6.20. The molecular weight excluding hydrogens is 228 g/mol. The van der Waals surface area contributed by atoms with Crippen LogP contribution in [0.25, 0.3) is 0 Å². The first-order valence-electron chi connectivity index (χ1n) is 5.08. The first-order chi connectivity index (χ1) is 7.18. The van der Waals surface area contributed by atoms with Gasteiger partial charge in [-0.15, -0.1) is 0 Å². The zero-order chi connectivity index (χ0) is 10.8. The lowest BCUT2D eigenvalue weighted by Gasteiger charge is -2.35. The van der Waals surface area contributed by atoms with Gasteiger partial charge in [0.25, 0.3) is 0 Å². The van der Waals surface area contributed by atoms with E-state index in [1.807, 2.05) is 30.0 Å². The molecule has 1 saturated heterocycles. The van der Waals surface area contributed by atoms with Gasteiger partial charge in [-0.3, -0.25) is 0 Å². The number of halogens is 1. The summed E-state index contributed by atoms with van der Waals surface area (Å²) in [5, 5.41) is 0.758. The summed E-state index contributed by atoms with van der Waals surface area (Å²) in [5.41, 5.74) is 7.52. The summed E-state index contributed by atoms with van der Waals surface area (Å²) < 4.78 is 0. The minimum atomic E-state index is 0.546. The quantitative estimate of drug-likeness (QED) is 0.768. The van der Waals surface area contributed by atoms with Crippen molar-refractivity contribution in [3.8, 4) is 0 Å². The van der Waals surface area contributed by atoms with Crippen LogP contribution in [0, 0.1) is 0 Å². The van der Waals surface area contributed by atoms with Gasteiger partial charge in [-0.25, -0.2) is 0 Å². The molecule has 2 nitrogen and oxygen atoms in total. The monoisotopic (exact) mass is 242 g/mol. The lowest BCUT2D eigenvalue weighted by Crippen LogP contribution is -2.40. The van der Waals surface area contributed by atoms with Crippen molar-refractivity contribution in [1.29, 1.82) is 0 Å². The average molecular weight is 243 g/mol. The molecule has 1 heterocycles. The highest BCUT2D eigenvalue weighted by atomic mass is 35.5. The third-order valence-corrected chi connectivity index (χ3v) is 4.14. The Morgan fingerprint density at radius 2 is 2.33 bits per heavy atom. The predicted molar refractivity (Wildman–Crippen MR) is 70.0 cm³/mol. The molecule has 0 bridgehead atoms. The summed E-state index contributed by atoms with van der Waals surface area (Å²) in [5.74, 6) is 2.34. The van der Waals surface area contributed by atoms with Crippen molar-refractivity contribution >= 4 is 34.7 Å². The summed E-state index contributed by atoms with van der Waals surface area (Å²) in [6.07, 6.45) is 0. The Hall–Kier alpha value is -0.540. The molecule has 0 radical (unpaired) electrons. The van der Waals surface area contributed by atoms with Crippen LogP contribution in [0.1, 0.15) is 6.92 Å². The Morgan fingerprint density at radius 1 is 1.53 bits per heavy atom. The van der Waals surface area contributed by atoms with Gasteiger partial charge in [0.15, 0.2) is 0 Å². The lowest BCUT2D eigenvalue weighted by molar-refractivity contribution is 0.700. The highest BCUT2D eigenvalue weighted by molar-refractivity contribution is 7.99. The van der Waals surface area contributed by atoms with E-state index in [0.717, 1.165) is 22.9 Å². The smallest absolute Gasteiger partial charge is 0.0660 e. The van der Waals surface area contributed by atoms with Crippen LogP contribution < -0.4 is 10.6 Å². The van der Waals surface area contributed by atoms with Gasteiger partial charge < -0.3 is 10.6 Å². The predicted octanol–water partition coefficient (Wildman–Crippen LogP) is 2.86. The molecule has 0 amide bonds. The molecule has 1 unspecified atom stereocenters. The third-order valence-electron chi connectivity index (χ3n) is 2.65. The van der Waals surface area contributed by atoms with Crippen LogP contribution in [0.2, 0.25) is 5.02 Å². The largest absolute Gasteiger partial charge is 0.399 e. The van der Waals surface area contributed by atoms with Gasteiger partial charge in [-0.05, 0) is 25.1 Å². The van der Waals surface area contributed by atoms with Crippen LogP contribution in [0.4, 0.5) is 11.4 Å². The summed E-state index contributed by atoms with van der Waals surface area (Å²) >= 11 is 8.20. The number of nitrogens with zero attached hydrogens (tertiary/aromatic N) is 1. The van der Waals surface area contributed by atoms with Crippen molar-refractivity contribution in [2.75, 3.05) is 28.7 Å². The molecule has 2 N–H and O–H groups in total. The zero-order valence-electron chi connectivity index (χ0n) is 8.74. The van der Waals surface area contributed by atoms with Gasteiger partial charge in [0.05, 0.1) is 10.7 Å². The molecule has 1 fully saturated rings. The minimum absolute atomic E-state index is 0.546. The third kappa shape index (κ3) is 2.34. The van der Waals surface area contributed by atoms with Crippen LogP contribution in [-0.4, -0.2) is 24.1 Å². The van der Waals surface area contributed by atoms with Gasteiger partial charge in [0, 0.05) is 29.8 Å². The molecule has 1 aromatic rings. The molecule has 2 rings (SSSR count). The fourth-order valence-corrected chi connectivity index (χ4v) is 3.15. The van der Waals surface area contributed by atoms with Crippen molar-refractivity contribution in [1.82, 2.24) is 0 Å². The first-order valence-corrected chi connectivity index (χ1v) is 6.61. The molecule has 0 spiro atoms. The first kappa shape index (κ1) is 11.0. The molecular formula is C11H15ClN2S. The van der Waals surface area contributed by atoms with Crippen molar-refractivity contribution in [3.63, 3.8) is 0 Å². The standard InChI is InChI=1S/C11H15ClN2S/c1-8-7-15-5-4-14(8)11-3-2-9(13)6-10(11)12/h2-3,6,8H,4-5,7,13H2,1H3. The van der Waals surface area contributed by atoms with E-state index in [1.165, 1.54) is 11.5 Å². The van der Waals surface area contributed by atoms with Crippen LogP contribution in [-0.2, 0) is 0 Å². The average Bonchev–Trinajstić information content (AvgIpc) is 2.20. The second-order valence-electron chi connectivity index (χ2n) is 3.83.